The van der Waals surface area contributed by atoms with Crippen LogP contribution in [0.5, 0.6) is 0 Å². The van der Waals surface area contributed by atoms with Gasteiger partial charge in [0.2, 0.25) is 0 Å². The maximum absolute atomic E-state index is 5.94. The van der Waals surface area contributed by atoms with Gasteiger partial charge in [-0.3, -0.25) is 0 Å². The van der Waals surface area contributed by atoms with Gasteiger partial charge in [0.05, 0.1) is 4.99 Å². The standard InChI is InChI=1S/C16H14ClNS/c17-13-8-5-11(6-9-13)14-10-7-12-3-1-2-4-15(12)18-16(14)19/h1-6,8-9,14H,7,10H2,(H,18,19)/t14-/m0/s1. The molecule has 0 spiro atoms. The number of nitrogens with one attached hydrogen (secondary N) is 1. The van der Waals surface area contributed by atoms with Crippen molar-refractivity contribution >= 4 is 34.5 Å². The van der Waals surface area contributed by atoms with Crippen molar-refractivity contribution in [1.29, 1.82) is 0 Å². The van der Waals surface area contributed by atoms with Crippen molar-refractivity contribution in [2.75, 3.05) is 5.32 Å². The van der Waals surface area contributed by atoms with E-state index >= 15 is 0 Å². The highest BCUT2D eigenvalue weighted by Gasteiger charge is 2.21. The second-order valence-electron chi connectivity index (χ2n) is 4.79. The molecule has 3 heteroatoms. The van der Waals surface area contributed by atoms with E-state index in [1.807, 2.05) is 18.2 Å². The van der Waals surface area contributed by atoms with Gasteiger partial charge in [-0.05, 0) is 42.2 Å². The molecule has 96 valence electrons. The Labute approximate surface area is 123 Å². The van der Waals surface area contributed by atoms with Gasteiger partial charge in [0.1, 0.15) is 0 Å². The van der Waals surface area contributed by atoms with E-state index in [1.165, 1.54) is 11.1 Å². The third kappa shape index (κ3) is 2.65. The minimum absolute atomic E-state index is 0.264. The van der Waals surface area contributed by atoms with E-state index in [9.17, 15) is 0 Å². The highest BCUT2D eigenvalue weighted by Crippen LogP contribution is 2.31. The summed E-state index contributed by atoms with van der Waals surface area (Å²) in [5, 5.41) is 4.15. The molecule has 19 heavy (non-hydrogen) atoms. The number of benzene rings is 2. The summed E-state index contributed by atoms with van der Waals surface area (Å²) in [5.74, 6) is 0.264. The fourth-order valence-corrected chi connectivity index (χ4v) is 3.01. The van der Waals surface area contributed by atoms with E-state index in [-0.39, 0.29) is 5.92 Å². The van der Waals surface area contributed by atoms with E-state index in [1.54, 1.807) is 0 Å². The lowest BCUT2D eigenvalue weighted by molar-refractivity contribution is 0.782. The van der Waals surface area contributed by atoms with E-state index in [4.69, 9.17) is 23.8 Å². The predicted octanol–water partition coefficient (Wildman–Crippen LogP) is 4.81. The van der Waals surface area contributed by atoms with Crippen molar-refractivity contribution in [2.45, 2.75) is 18.8 Å². The lowest BCUT2D eigenvalue weighted by Gasteiger charge is -2.16. The molecule has 0 saturated carbocycles. The van der Waals surface area contributed by atoms with Crippen LogP contribution in [0.15, 0.2) is 48.5 Å². The highest BCUT2D eigenvalue weighted by molar-refractivity contribution is 7.80. The van der Waals surface area contributed by atoms with Crippen LogP contribution in [0.2, 0.25) is 5.02 Å². The van der Waals surface area contributed by atoms with Gasteiger partial charge in [0, 0.05) is 16.6 Å². The van der Waals surface area contributed by atoms with Crippen molar-refractivity contribution in [3.05, 3.63) is 64.7 Å². The van der Waals surface area contributed by atoms with Gasteiger partial charge >= 0.3 is 0 Å². The molecule has 0 unspecified atom stereocenters. The zero-order valence-corrected chi connectivity index (χ0v) is 12.0. The number of hydrogen-bond donors (Lipinski definition) is 1. The van der Waals surface area contributed by atoms with E-state index < -0.39 is 0 Å². The van der Waals surface area contributed by atoms with Gasteiger partial charge in [-0.2, -0.15) is 0 Å². The Balaban J connectivity index is 1.90. The Kier molecular flexibility index (Phi) is 3.54. The number of aryl methyl sites for hydroxylation is 1. The summed E-state index contributed by atoms with van der Waals surface area (Å²) in [6, 6.07) is 16.4. The molecule has 2 aromatic carbocycles. The molecule has 1 aliphatic heterocycles. The summed E-state index contributed by atoms with van der Waals surface area (Å²) in [6.07, 6.45) is 2.07. The number of rotatable bonds is 1. The molecule has 0 aliphatic carbocycles. The maximum Gasteiger partial charge on any atom is 0.0873 e. The first kappa shape index (κ1) is 12.6. The molecule has 0 bridgehead atoms. The highest BCUT2D eigenvalue weighted by atomic mass is 35.5. The third-order valence-corrected chi connectivity index (χ3v) is 4.21. The Morgan fingerprint density at radius 3 is 2.58 bits per heavy atom. The minimum Gasteiger partial charge on any atom is -0.349 e. The van der Waals surface area contributed by atoms with Crippen LogP contribution in [-0.4, -0.2) is 4.99 Å². The number of fused-ring (bicyclic) bond motifs is 1. The molecule has 1 atom stereocenters. The number of anilines is 1. The van der Waals surface area contributed by atoms with Crippen molar-refractivity contribution < 1.29 is 0 Å². The van der Waals surface area contributed by atoms with Crippen molar-refractivity contribution in [3.63, 3.8) is 0 Å². The normalized spacial score (nSPS) is 18.4. The van der Waals surface area contributed by atoms with Crippen LogP contribution in [0, 0.1) is 0 Å². The van der Waals surface area contributed by atoms with Crippen molar-refractivity contribution in [3.8, 4) is 0 Å². The van der Waals surface area contributed by atoms with Gasteiger partial charge in [-0.15, -0.1) is 0 Å². The Bertz CT molecular complexity index is 606. The van der Waals surface area contributed by atoms with Crippen LogP contribution in [0.25, 0.3) is 0 Å². The van der Waals surface area contributed by atoms with Crippen LogP contribution in [0.3, 0.4) is 0 Å². The van der Waals surface area contributed by atoms with Crippen molar-refractivity contribution in [1.82, 2.24) is 0 Å². The molecule has 0 amide bonds. The summed E-state index contributed by atoms with van der Waals surface area (Å²) < 4.78 is 0. The third-order valence-electron chi connectivity index (χ3n) is 3.57. The van der Waals surface area contributed by atoms with Gasteiger partial charge in [0.15, 0.2) is 0 Å². The molecule has 0 fully saturated rings. The van der Waals surface area contributed by atoms with Crippen LogP contribution < -0.4 is 5.32 Å². The molecular weight excluding hydrogens is 274 g/mol. The molecule has 3 rings (SSSR count). The smallest absolute Gasteiger partial charge is 0.0873 e. The van der Waals surface area contributed by atoms with Gasteiger partial charge in [0.25, 0.3) is 0 Å². The lowest BCUT2D eigenvalue weighted by atomic mass is 9.93. The van der Waals surface area contributed by atoms with E-state index in [0.29, 0.717) is 0 Å². The number of thiocarbonyl (C=S) groups is 1. The summed E-state index contributed by atoms with van der Waals surface area (Å²) in [4.78, 5) is 0.896. The van der Waals surface area contributed by atoms with Gasteiger partial charge in [-0.25, -0.2) is 0 Å². The summed E-state index contributed by atoms with van der Waals surface area (Å²) in [7, 11) is 0. The van der Waals surface area contributed by atoms with Gasteiger partial charge in [-0.1, -0.05) is 54.2 Å². The minimum atomic E-state index is 0.264. The Morgan fingerprint density at radius 1 is 1.05 bits per heavy atom. The van der Waals surface area contributed by atoms with Crippen molar-refractivity contribution in [2.24, 2.45) is 0 Å². The molecule has 0 saturated heterocycles. The van der Waals surface area contributed by atoms with Crippen LogP contribution in [0.1, 0.15) is 23.5 Å². The predicted molar refractivity (Wildman–Crippen MR) is 85.2 cm³/mol. The molecular formula is C16H14ClNS. The topological polar surface area (TPSA) is 12.0 Å². The molecule has 0 aromatic heterocycles. The summed E-state index contributed by atoms with van der Waals surface area (Å²) in [5.41, 5.74) is 3.71. The Morgan fingerprint density at radius 2 is 1.79 bits per heavy atom. The number of para-hydroxylation sites is 1. The first-order chi connectivity index (χ1) is 9.24. The Hall–Kier alpha value is -1.38. The molecule has 1 heterocycles. The van der Waals surface area contributed by atoms with E-state index in [2.05, 4.69) is 35.6 Å². The van der Waals surface area contributed by atoms with Crippen LogP contribution >= 0.6 is 23.8 Å². The fraction of sp³-hybridized carbons (Fsp3) is 0.188. The number of hydrogen-bond acceptors (Lipinski definition) is 1. The maximum atomic E-state index is 5.94. The molecule has 0 radical (unpaired) electrons. The zero-order valence-electron chi connectivity index (χ0n) is 10.4. The van der Waals surface area contributed by atoms with Crippen LogP contribution in [-0.2, 0) is 6.42 Å². The fourth-order valence-electron chi connectivity index (χ4n) is 2.52. The second kappa shape index (κ2) is 5.32. The quantitative estimate of drug-likeness (QED) is 0.756. The second-order valence-corrected chi connectivity index (χ2v) is 5.67. The molecule has 1 nitrogen and oxygen atoms in total. The number of halogens is 1. The summed E-state index contributed by atoms with van der Waals surface area (Å²) >= 11 is 11.5. The van der Waals surface area contributed by atoms with Crippen LogP contribution in [0.4, 0.5) is 5.69 Å². The van der Waals surface area contributed by atoms with Gasteiger partial charge < -0.3 is 5.32 Å². The average molecular weight is 288 g/mol. The molecule has 1 N–H and O–H groups in total. The molecule has 2 aromatic rings. The lowest BCUT2D eigenvalue weighted by Crippen LogP contribution is -2.17. The first-order valence-electron chi connectivity index (χ1n) is 6.38. The SMILES string of the molecule is S=C1Nc2ccccc2CC[C@H]1c1ccc(Cl)cc1. The zero-order chi connectivity index (χ0) is 13.2. The summed E-state index contributed by atoms with van der Waals surface area (Å²) in [6.45, 7) is 0. The average Bonchev–Trinajstić information content (AvgIpc) is 2.58. The van der Waals surface area contributed by atoms with E-state index in [0.717, 1.165) is 28.5 Å². The first-order valence-corrected chi connectivity index (χ1v) is 7.17. The monoisotopic (exact) mass is 287 g/mol. The molecule has 1 aliphatic rings. The largest absolute Gasteiger partial charge is 0.349 e.